The van der Waals surface area contributed by atoms with Crippen LogP contribution >= 0.6 is 0 Å². The van der Waals surface area contributed by atoms with Crippen molar-refractivity contribution in [3.8, 4) is 6.07 Å². The second-order valence-electron chi connectivity index (χ2n) is 4.82. The molecule has 1 fully saturated rings. The van der Waals surface area contributed by atoms with Gasteiger partial charge in [-0.3, -0.25) is 9.69 Å². The highest BCUT2D eigenvalue weighted by atomic mass is 16.4. The molecule has 0 saturated heterocycles. The fourth-order valence-corrected chi connectivity index (χ4v) is 2.44. The molecule has 2 rings (SSSR count). The first kappa shape index (κ1) is 12.6. The van der Waals surface area contributed by atoms with Crippen molar-refractivity contribution in [2.75, 3.05) is 7.05 Å². The quantitative estimate of drug-likeness (QED) is 0.878. The number of nitriles is 1. The molecule has 1 saturated carbocycles. The van der Waals surface area contributed by atoms with E-state index in [2.05, 4.69) is 11.0 Å². The van der Waals surface area contributed by atoms with Crippen molar-refractivity contribution in [1.82, 2.24) is 4.90 Å². The van der Waals surface area contributed by atoms with Crippen molar-refractivity contribution in [3.05, 3.63) is 35.4 Å². The Morgan fingerprint density at radius 2 is 2.33 bits per heavy atom. The summed E-state index contributed by atoms with van der Waals surface area (Å²) in [4.78, 5) is 13.0. The number of carboxylic acid groups (broad SMARTS) is 1. The van der Waals surface area contributed by atoms with Crippen molar-refractivity contribution >= 4 is 5.97 Å². The maximum atomic E-state index is 11.0. The van der Waals surface area contributed by atoms with E-state index in [1.165, 1.54) is 0 Å². The number of hydrogen-bond acceptors (Lipinski definition) is 3. The van der Waals surface area contributed by atoms with Crippen LogP contribution in [0.5, 0.6) is 0 Å². The molecule has 2 unspecified atom stereocenters. The maximum Gasteiger partial charge on any atom is 0.308 e. The summed E-state index contributed by atoms with van der Waals surface area (Å²) in [5.74, 6) is -0.946. The SMILES string of the molecule is CN(Cc1cccc(C#N)c1)C1CCC1C(=O)O. The second kappa shape index (κ2) is 5.19. The third-order valence-corrected chi connectivity index (χ3v) is 3.61. The van der Waals surface area contributed by atoms with E-state index < -0.39 is 5.97 Å². The number of hydrogen-bond donors (Lipinski definition) is 1. The highest BCUT2D eigenvalue weighted by Crippen LogP contribution is 2.32. The van der Waals surface area contributed by atoms with Crippen LogP contribution in [0.15, 0.2) is 24.3 Å². The molecule has 0 heterocycles. The van der Waals surface area contributed by atoms with E-state index in [1.54, 1.807) is 6.07 Å². The Kier molecular flexibility index (Phi) is 3.63. The number of aliphatic carboxylic acids is 1. The molecule has 1 aromatic rings. The number of carboxylic acids is 1. The molecule has 1 aliphatic rings. The first-order valence-electron chi connectivity index (χ1n) is 6.04. The monoisotopic (exact) mass is 244 g/mol. The van der Waals surface area contributed by atoms with Crippen LogP contribution in [0, 0.1) is 17.2 Å². The Morgan fingerprint density at radius 3 is 2.89 bits per heavy atom. The van der Waals surface area contributed by atoms with E-state index >= 15 is 0 Å². The molecule has 4 nitrogen and oxygen atoms in total. The molecule has 1 N–H and O–H groups in total. The summed E-state index contributed by atoms with van der Waals surface area (Å²) in [6.45, 7) is 0.684. The summed E-state index contributed by atoms with van der Waals surface area (Å²) in [6, 6.07) is 9.68. The normalized spacial score (nSPS) is 22.3. The zero-order valence-corrected chi connectivity index (χ0v) is 10.3. The number of rotatable bonds is 4. The van der Waals surface area contributed by atoms with Crippen molar-refractivity contribution in [3.63, 3.8) is 0 Å². The van der Waals surface area contributed by atoms with E-state index in [9.17, 15) is 4.79 Å². The lowest BCUT2D eigenvalue weighted by Crippen LogP contribution is -2.48. The molecule has 1 aromatic carbocycles. The highest BCUT2D eigenvalue weighted by molar-refractivity contribution is 5.72. The summed E-state index contributed by atoms with van der Waals surface area (Å²) < 4.78 is 0. The Bertz CT molecular complexity index is 493. The van der Waals surface area contributed by atoms with Crippen molar-refractivity contribution in [2.24, 2.45) is 5.92 Å². The van der Waals surface area contributed by atoms with Gasteiger partial charge in [-0.2, -0.15) is 5.26 Å². The molecule has 1 aliphatic carbocycles. The minimum atomic E-state index is -0.705. The van der Waals surface area contributed by atoms with Gasteiger partial charge < -0.3 is 5.11 Å². The van der Waals surface area contributed by atoms with Crippen molar-refractivity contribution in [1.29, 1.82) is 5.26 Å². The van der Waals surface area contributed by atoms with Crippen LogP contribution in [0.25, 0.3) is 0 Å². The second-order valence-corrected chi connectivity index (χ2v) is 4.82. The summed E-state index contributed by atoms with van der Waals surface area (Å²) in [7, 11) is 1.94. The van der Waals surface area contributed by atoms with Crippen LogP contribution in [0.2, 0.25) is 0 Å². The molecular formula is C14H16N2O2. The lowest BCUT2D eigenvalue weighted by atomic mass is 9.78. The Balaban J connectivity index is 2.01. The number of benzene rings is 1. The zero-order chi connectivity index (χ0) is 13.1. The van der Waals surface area contributed by atoms with Gasteiger partial charge in [0.1, 0.15) is 0 Å². The van der Waals surface area contributed by atoms with Gasteiger partial charge >= 0.3 is 5.97 Å². The topological polar surface area (TPSA) is 64.3 Å². The molecule has 2 atom stereocenters. The zero-order valence-electron chi connectivity index (χ0n) is 10.3. The largest absolute Gasteiger partial charge is 0.481 e. The molecule has 0 bridgehead atoms. The standard InChI is InChI=1S/C14H16N2O2/c1-16(13-6-5-12(13)14(17)18)9-11-4-2-3-10(7-11)8-15/h2-4,7,12-13H,5-6,9H2,1H3,(H,17,18). The van der Waals surface area contributed by atoms with Crippen LogP contribution in [0.3, 0.4) is 0 Å². The van der Waals surface area contributed by atoms with Gasteiger partial charge in [0.05, 0.1) is 17.6 Å². The maximum absolute atomic E-state index is 11.0. The van der Waals surface area contributed by atoms with Gasteiger partial charge in [0.2, 0.25) is 0 Å². The smallest absolute Gasteiger partial charge is 0.308 e. The number of carbonyl (C=O) groups is 1. The molecular weight excluding hydrogens is 228 g/mol. The predicted molar refractivity (Wildman–Crippen MR) is 66.8 cm³/mol. The summed E-state index contributed by atoms with van der Waals surface area (Å²) in [6.07, 6.45) is 1.70. The van der Waals surface area contributed by atoms with E-state index in [0.29, 0.717) is 12.1 Å². The summed E-state index contributed by atoms with van der Waals surface area (Å²) in [5, 5.41) is 17.9. The van der Waals surface area contributed by atoms with Gasteiger partial charge in [-0.15, -0.1) is 0 Å². The van der Waals surface area contributed by atoms with Gasteiger partial charge in [-0.1, -0.05) is 12.1 Å². The van der Waals surface area contributed by atoms with Gasteiger partial charge in [-0.05, 0) is 37.6 Å². The van der Waals surface area contributed by atoms with E-state index in [1.807, 2.05) is 25.2 Å². The third-order valence-electron chi connectivity index (χ3n) is 3.61. The summed E-state index contributed by atoms with van der Waals surface area (Å²) >= 11 is 0. The third kappa shape index (κ3) is 2.52. The summed E-state index contributed by atoms with van der Waals surface area (Å²) in [5.41, 5.74) is 1.69. The fourth-order valence-electron chi connectivity index (χ4n) is 2.44. The van der Waals surface area contributed by atoms with Crippen LogP contribution in [-0.2, 0) is 11.3 Å². The van der Waals surface area contributed by atoms with Gasteiger partial charge in [0, 0.05) is 12.6 Å². The van der Waals surface area contributed by atoms with Crippen LogP contribution < -0.4 is 0 Å². The molecule has 18 heavy (non-hydrogen) atoms. The lowest BCUT2D eigenvalue weighted by Gasteiger charge is -2.40. The lowest BCUT2D eigenvalue weighted by molar-refractivity contribution is -0.148. The first-order chi connectivity index (χ1) is 8.61. The van der Waals surface area contributed by atoms with Crippen molar-refractivity contribution in [2.45, 2.75) is 25.4 Å². The van der Waals surface area contributed by atoms with Gasteiger partial charge in [-0.25, -0.2) is 0 Å². The van der Waals surface area contributed by atoms with Gasteiger partial charge in [0.25, 0.3) is 0 Å². The minimum Gasteiger partial charge on any atom is -0.481 e. The van der Waals surface area contributed by atoms with Gasteiger partial charge in [0.15, 0.2) is 0 Å². The first-order valence-corrected chi connectivity index (χ1v) is 6.04. The van der Waals surface area contributed by atoms with Crippen LogP contribution in [0.1, 0.15) is 24.0 Å². The number of nitrogens with zero attached hydrogens (tertiary/aromatic N) is 2. The Hall–Kier alpha value is -1.86. The molecule has 0 radical (unpaired) electrons. The van der Waals surface area contributed by atoms with Crippen LogP contribution in [-0.4, -0.2) is 29.1 Å². The van der Waals surface area contributed by atoms with E-state index in [-0.39, 0.29) is 12.0 Å². The molecule has 0 amide bonds. The fraction of sp³-hybridized carbons (Fsp3) is 0.429. The average molecular weight is 244 g/mol. The van der Waals surface area contributed by atoms with E-state index in [4.69, 9.17) is 10.4 Å². The molecule has 94 valence electrons. The minimum absolute atomic E-state index is 0.119. The molecule has 0 aliphatic heterocycles. The molecule has 0 aromatic heterocycles. The predicted octanol–water partition coefficient (Wildman–Crippen LogP) is 1.85. The average Bonchev–Trinajstić information content (AvgIpc) is 2.26. The molecule has 4 heteroatoms. The Morgan fingerprint density at radius 1 is 1.56 bits per heavy atom. The Labute approximate surface area is 106 Å². The van der Waals surface area contributed by atoms with Crippen LogP contribution in [0.4, 0.5) is 0 Å². The van der Waals surface area contributed by atoms with E-state index in [0.717, 1.165) is 18.4 Å². The highest BCUT2D eigenvalue weighted by Gasteiger charge is 2.38. The van der Waals surface area contributed by atoms with Crippen molar-refractivity contribution < 1.29 is 9.90 Å². The molecule has 0 spiro atoms.